The Balaban J connectivity index is 2.73. The van der Waals surface area contributed by atoms with Crippen LogP contribution in [0.25, 0.3) is 6.08 Å². The first-order valence-corrected chi connectivity index (χ1v) is 3.68. The molecule has 3 nitrogen and oxygen atoms in total. The molecule has 1 heterocycles. The van der Waals surface area contributed by atoms with Crippen molar-refractivity contribution in [2.24, 2.45) is 0 Å². The molecular formula is C7H8ClN3. The molecule has 2 N–H and O–H groups in total. The zero-order valence-corrected chi connectivity index (χ0v) is 6.62. The third kappa shape index (κ3) is 2.55. The molecule has 0 fully saturated rings. The van der Waals surface area contributed by atoms with Crippen molar-refractivity contribution in [2.45, 2.75) is 0 Å². The summed E-state index contributed by atoms with van der Waals surface area (Å²) in [7, 11) is 0. The summed E-state index contributed by atoms with van der Waals surface area (Å²) < 4.78 is 0. The van der Waals surface area contributed by atoms with E-state index in [0.29, 0.717) is 11.7 Å². The lowest BCUT2D eigenvalue weighted by atomic mass is 10.3. The summed E-state index contributed by atoms with van der Waals surface area (Å²) in [4.78, 5) is 0. The topological polar surface area (TPSA) is 51.8 Å². The van der Waals surface area contributed by atoms with Gasteiger partial charge in [0.1, 0.15) is 5.82 Å². The number of alkyl halides is 1. The Labute approximate surface area is 69.9 Å². The Morgan fingerprint density at radius 2 is 2.27 bits per heavy atom. The molecule has 4 heteroatoms. The molecule has 1 aromatic heterocycles. The maximum Gasteiger partial charge on any atom is 0.146 e. The highest BCUT2D eigenvalue weighted by molar-refractivity contribution is 6.19. The van der Waals surface area contributed by atoms with E-state index in [1.807, 2.05) is 0 Å². The molecule has 0 radical (unpaired) electrons. The molecule has 0 saturated heterocycles. The standard InChI is InChI=1S/C7H8ClN3/c8-5-1-2-6-3-4-7(9)11-10-6/h1-4H,5H2,(H2,9,11). The van der Waals surface area contributed by atoms with Gasteiger partial charge in [0.25, 0.3) is 0 Å². The highest BCUT2D eigenvalue weighted by Crippen LogP contribution is 1.99. The molecule has 0 aromatic carbocycles. The van der Waals surface area contributed by atoms with Crippen LogP contribution in [0, 0.1) is 0 Å². The lowest BCUT2D eigenvalue weighted by Crippen LogP contribution is -1.92. The SMILES string of the molecule is Nc1ccc(C=CCCl)nn1. The van der Waals surface area contributed by atoms with Crippen molar-refractivity contribution in [2.75, 3.05) is 11.6 Å². The summed E-state index contributed by atoms with van der Waals surface area (Å²) in [5, 5.41) is 7.46. The van der Waals surface area contributed by atoms with E-state index in [9.17, 15) is 0 Å². The van der Waals surface area contributed by atoms with Gasteiger partial charge in [-0.1, -0.05) is 6.08 Å². The van der Waals surface area contributed by atoms with Gasteiger partial charge in [0, 0.05) is 5.88 Å². The van der Waals surface area contributed by atoms with E-state index in [2.05, 4.69) is 10.2 Å². The van der Waals surface area contributed by atoms with Crippen LogP contribution in [0.5, 0.6) is 0 Å². The average molecular weight is 170 g/mol. The van der Waals surface area contributed by atoms with Crippen LogP contribution in [-0.4, -0.2) is 16.1 Å². The summed E-state index contributed by atoms with van der Waals surface area (Å²) in [6.45, 7) is 0. The van der Waals surface area contributed by atoms with Crippen molar-refractivity contribution in [3.05, 3.63) is 23.9 Å². The molecule has 0 atom stereocenters. The van der Waals surface area contributed by atoms with E-state index in [1.54, 1.807) is 24.3 Å². The maximum atomic E-state index is 5.42. The summed E-state index contributed by atoms with van der Waals surface area (Å²) >= 11 is 5.42. The summed E-state index contributed by atoms with van der Waals surface area (Å²) in [5.41, 5.74) is 6.10. The molecule has 0 aliphatic heterocycles. The molecule has 0 spiro atoms. The number of nitrogen functional groups attached to an aromatic ring is 1. The molecule has 1 rings (SSSR count). The Hall–Kier alpha value is -1.09. The number of nitrogens with two attached hydrogens (primary N) is 1. The van der Waals surface area contributed by atoms with Gasteiger partial charge in [0.15, 0.2) is 0 Å². The quantitative estimate of drug-likeness (QED) is 0.680. The second-order valence-corrected chi connectivity index (χ2v) is 2.25. The van der Waals surface area contributed by atoms with Gasteiger partial charge in [-0.2, -0.15) is 0 Å². The van der Waals surface area contributed by atoms with Crippen LogP contribution in [-0.2, 0) is 0 Å². The second-order valence-electron chi connectivity index (χ2n) is 1.94. The second kappa shape index (κ2) is 3.93. The lowest BCUT2D eigenvalue weighted by molar-refractivity contribution is 1.03. The predicted molar refractivity (Wildman–Crippen MR) is 46.2 cm³/mol. The molecule has 58 valence electrons. The van der Waals surface area contributed by atoms with E-state index in [1.165, 1.54) is 0 Å². The van der Waals surface area contributed by atoms with Gasteiger partial charge in [0.05, 0.1) is 5.69 Å². The van der Waals surface area contributed by atoms with Gasteiger partial charge in [-0.25, -0.2) is 0 Å². The normalized spacial score (nSPS) is 10.6. The first kappa shape index (κ1) is 8.01. The molecule has 11 heavy (non-hydrogen) atoms. The van der Waals surface area contributed by atoms with Gasteiger partial charge < -0.3 is 5.73 Å². The molecule has 0 amide bonds. The Kier molecular flexibility index (Phi) is 2.86. The van der Waals surface area contributed by atoms with Crippen molar-refractivity contribution < 1.29 is 0 Å². The van der Waals surface area contributed by atoms with Crippen molar-refractivity contribution in [1.82, 2.24) is 10.2 Å². The number of hydrogen-bond donors (Lipinski definition) is 1. The third-order valence-electron chi connectivity index (χ3n) is 1.08. The maximum absolute atomic E-state index is 5.42. The van der Waals surface area contributed by atoms with Crippen LogP contribution in [0.15, 0.2) is 18.2 Å². The largest absolute Gasteiger partial charge is 0.382 e. The lowest BCUT2D eigenvalue weighted by Gasteiger charge is -1.90. The number of anilines is 1. The molecule has 0 bridgehead atoms. The van der Waals surface area contributed by atoms with Crippen LogP contribution in [0.4, 0.5) is 5.82 Å². The number of rotatable bonds is 2. The van der Waals surface area contributed by atoms with Crippen LogP contribution in [0.3, 0.4) is 0 Å². The number of nitrogens with zero attached hydrogens (tertiary/aromatic N) is 2. The van der Waals surface area contributed by atoms with Crippen molar-refractivity contribution in [3.8, 4) is 0 Å². The van der Waals surface area contributed by atoms with Crippen LogP contribution in [0.2, 0.25) is 0 Å². The summed E-state index contributed by atoms with van der Waals surface area (Å²) in [6.07, 6.45) is 3.58. The first-order valence-electron chi connectivity index (χ1n) is 3.14. The highest BCUT2D eigenvalue weighted by Gasteiger charge is 1.87. The molecule has 0 unspecified atom stereocenters. The number of allylic oxidation sites excluding steroid dienone is 1. The number of aromatic nitrogens is 2. The fourth-order valence-corrected chi connectivity index (χ4v) is 0.696. The van der Waals surface area contributed by atoms with Crippen molar-refractivity contribution >= 4 is 23.5 Å². The smallest absolute Gasteiger partial charge is 0.146 e. The van der Waals surface area contributed by atoms with Crippen molar-refractivity contribution in [3.63, 3.8) is 0 Å². The van der Waals surface area contributed by atoms with E-state index in [-0.39, 0.29) is 0 Å². The van der Waals surface area contributed by atoms with Crippen molar-refractivity contribution in [1.29, 1.82) is 0 Å². The molecule has 0 aliphatic rings. The monoisotopic (exact) mass is 169 g/mol. The number of hydrogen-bond acceptors (Lipinski definition) is 3. The van der Waals surface area contributed by atoms with E-state index in [4.69, 9.17) is 17.3 Å². The molecule has 0 saturated carbocycles. The Bertz CT molecular complexity index is 242. The van der Waals surface area contributed by atoms with Crippen LogP contribution >= 0.6 is 11.6 Å². The minimum Gasteiger partial charge on any atom is -0.382 e. The average Bonchev–Trinajstić information content (AvgIpc) is 2.04. The predicted octanol–water partition coefficient (Wildman–Crippen LogP) is 1.31. The number of halogens is 1. The Morgan fingerprint density at radius 3 is 2.82 bits per heavy atom. The zero-order chi connectivity index (χ0) is 8.10. The molecule has 1 aromatic rings. The van der Waals surface area contributed by atoms with Gasteiger partial charge in [-0.05, 0) is 18.2 Å². The van der Waals surface area contributed by atoms with Gasteiger partial charge in [-0.3, -0.25) is 0 Å². The van der Waals surface area contributed by atoms with Gasteiger partial charge in [-0.15, -0.1) is 21.8 Å². The molecule has 0 aliphatic carbocycles. The first-order chi connectivity index (χ1) is 5.33. The fraction of sp³-hybridized carbons (Fsp3) is 0.143. The summed E-state index contributed by atoms with van der Waals surface area (Å²) in [5.74, 6) is 0.902. The van der Waals surface area contributed by atoms with Gasteiger partial charge in [0.2, 0.25) is 0 Å². The third-order valence-corrected chi connectivity index (χ3v) is 1.26. The minimum absolute atomic E-state index is 0.424. The van der Waals surface area contributed by atoms with Crippen LogP contribution < -0.4 is 5.73 Å². The highest BCUT2D eigenvalue weighted by atomic mass is 35.5. The molecular weight excluding hydrogens is 162 g/mol. The van der Waals surface area contributed by atoms with E-state index >= 15 is 0 Å². The minimum atomic E-state index is 0.424. The van der Waals surface area contributed by atoms with E-state index < -0.39 is 0 Å². The van der Waals surface area contributed by atoms with Gasteiger partial charge >= 0.3 is 0 Å². The summed E-state index contributed by atoms with van der Waals surface area (Å²) in [6, 6.07) is 3.48. The fourth-order valence-electron chi connectivity index (χ4n) is 0.607. The van der Waals surface area contributed by atoms with E-state index in [0.717, 1.165) is 5.69 Å². The van der Waals surface area contributed by atoms with Crippen LogP contribution in [0.1, 0.15) is 5.69 Å². The Morgan fingerprint density at radius 1 is 1.45 bits per heavy atom. The zero-order valence-electron chi connectivity index (χ0n) is 5.87.